The molecule has 0 saturated heterocycles. The van der Waals surface area contributed by atoms with Gasteiger partial charge in [-0.1, -0.05) is 138 Å². The molecule has 0 aliphatic heterocycles. The highest BCUT2D eigenvalue weighted by atomic mass is 14.6. The summed E-state index contributed by atoms with van der Waals surface area (Å²) < 4.78 is 0. The van der Waals surface area contributed by atoms with Crippen LogP contribution in [0.15, 0.2) is 23.3 Å². The van der Waals surface area contributed by atoms with Crippen LogP contribution in [0.3, 0.4) is 0 Å². The Hall–Kier alpha value is -0.520. The molecule has 0 N–H and O–H groups in total. The average Bonchev–Trinajstić information content (AvgIpc) is 3.71. The molecule has 0 heterocycles. The summed E-state index contributed by atoms with van der Waals surface area (Å²) in [7, 11) is 0. The van der Waals surface area contributed by atoms with Gasteiger partial charge in [0, 0.05) is 9.27 Å². The fourth-order valence-electron chi connectivity index (χ4n) is 9.87. The van der Waals surface area contributed by atoms with Gasteiger partial charge in [0.25, 0.3) is 0 Å². The highest BCUT2D eigenvalue weighted by molar-refractivity contribution is 5.43. The van der Waals surface area contributed by atoms with Crippen LogP contribution in [0.2, 0.25) is 0 Å². The third-order valence-corrected chi connectivity index (χ3v) is 12.0. The first kappa shape index (κ1) is 35.7. The largest absolute Gasteiger partial charge is 0.0845 e. The number of hydrogen-bond acceptors (Lipinski definition) is 0. The molecule has 0 aromatic carbocycles. The van der Waals surface area contributed by atoms with E-state index in [0.717, 1.165) is 47.3 Å². The predicted molar refractivity (Wildman–Crippen MR) is 186 cm³/mol. The third-order valence-electron chi connectivity index (χ3n) is 12.0. The Balaban J connectivity index is 0.00000124. The molecule has 40 heavy (non-hydrogen) atoms. The monoisotopic (exact) mass is 558 g/mol. The van der Waals surface area contributed by atoms with Crippen LogP contribution >= 0.6 is 0 Å². The van der Waals surface area contributed by atoms with E-state index < -0.39 is 0 Å². The minimum atomic E-state index is 0. The predicted octanol–water partition coefficient (Wildman–Crippen LogP) is 13.8. The standard InChI is InChI=1S/C30H47.C6H14.2C2H6.2H2/c1-20(2)7-6-8-21(3)26-13-14-27-25-12-11-24-19-23(22-9-10-22)15-17-29(24,4)28(25)16-18-30(26,27)5;1-4-5-6(2)3;2*1-2;;/h9-11,20-21,23,25-28H,6-8,12-19H2,1-5H3;6H,4-5H2,1-3H3;2*1-2H3;2*1H/t21-,23+,25+,26-,27?,28?,29+,30-;;;;;/m1...../s1. The van der Waals surface area contributed by atoms with Crippen molar-refractivity contribution in [2.75, 3.05) is 0 Å². The summed E-state index contributed by atoms with van der Waals surface area (Å²) in [5.41, 5.74) is 4.69. The lowest BCUT2D eigenvalue weighted by Crippen LogP contribution is -2.50. The lowest BCUT2D eigenvalue weighted by atomic mass is 9.46. The van der Waals surface area contributed by atoms with Crippen molar-refractivity contribution >= 4 is 0 Å². The van der Waals surface area contributed by atoms with Crippen molar-refractivity contribution in [1.82, 2.24) is 0 Å². The van der Waals surface area contributed by atoms with Gasteiger partial charge < -0.3 is 0 Å². The van der Waals surface area contributed by atoms with E-state index in [-0.39, 0.29) is 2.85 Å². The van der Waals surface area contributed by atoms with Crippen molar-refractivity contribution in [3.63, 3.8) is 0 Å². The maximum absolute atomic E-state index is 2.77. The first-order valence-electron chi connectivity index (χ1n) is 18.3. The van der Waals surface area contributed by atoms with Crippen LogP contribution in [0.4, 0.5) is 0 Å². The second-order valence-electron chi connectivity index (χ2n) is 15.2. The molecule has 0 bridgehead atoms. The smallest absolute Gasteiger partial charge is 0.00833 e. The summed E-state index contributed by atoms with van der Waals surface area (Å²) in [4.78, 5) is 0. The fourth-order valence-corrected chi connectivity index (χ4v) is 9.87. The Labute approximate surface area is 257 Å². The Morgan fingerprint density at radius 3 is 2.02 bits per heavy atom. The zero-order chi connectivity index (χ0) is 30.1. The first-order valence-corrected chi connectivity index (χ1v) is 18.3. The van der Waals surface area contributed by atoms with E-state index in [9.17, 15) is 0 Å². The quantitative estimate of drug-likeness (QED) is 0.260. The van der Waals surface area contributed by atoms with Crippen LogP contribution < -0.4 is 0 Å². The first-order chi connectivity index (χ1) is 19.1. The zero-order valence-corrected chi connectivity index (χ0v) is 29.5. The Kier molecular flexibility index (Phi) is 14.6. The van der Waals surface area contributed by atoms with Gasteiger partial charge in [0.15, 0.2) is 0 Å². The van der Waals surface area contributed by atoms with E-state index in [4.69, 9.17) is 0 Å². The molecule has 3 saturated carbocycles. The van der Waals surface area contributed by atoms with E-state index in [0.29, 0.717) is 10.8 Å². The van der Waals surface area contributed by atoms with Gasteiger partial charge in [0.2, 0.25) is 0 Å². The minimum absolute atomic E-state index is 0. The molecular formula is C40H77. The van der Waals surface area contributed by atoms with Crippen LogP contribution in [0.25, 0.3) is 0 Å². The summed E-state index contributed by atoms with van der Waals surface area (Å²) in [5, 5.41) is 0. The van der Waals surface area contributed by atoms with Crippen molar-refractivity contribution in [3.05, 3.63) is 29.7 Å². The van der Waals surface area contributed by atoms with Crippen LogP contribution in [0, 0.1) is 64.6 Å². The lowest BCUT2D eigenvalue weighted by molar-refractivity contribution is -0.0517. The molecule has 1 radical (unpaired) electrons. The maximum Gasteiger partial charge on any atom is 0.00833 e. The molecule has 5 aliphatic carbocycles. The molecule has 0 nitrogen and oxygen atoms in total. The van der Waals surface area contributed by atoms with E-state index in [2.05, 4.69) is 74.0 Å². The number of allylic oxidation sites excluding steroid dienone is 4. The van der Waals surface area contributed by atoms with Crippen LogP contribution in [-0.4, -0.2) is 0 Å². The molecular weight excluding hydrogens is 480 g/mol. The Bertz CT molecular complexity index is 793. The van der Waals surface area contributed by atoms with Crippen molar-refractivity contribution in [3.8, 4) is 0 Å². The molecule has 5 aliphatic rings. The molecule has 8 atom stereocenters. The maximum atomic E-state index is 2.77. The van der Waals surface area contributed by atoms with Gasteiger partial charge in [-0.2, -0.15) is 0 Å². The summed E-state index contributed by atoms with van der Waals surface area (Å²) in [5.74, 6) is 7.50. The van der Waals surface area contributed by atoms with Gasteiger partial charge in [0.1, 0.15) is 0 Å². The van der Waals surface area contributed by atoms with Gasteiger partial charge >= 0.3 is 0 Å². The average molecular weight is 558 g/mol. The number of rotatable bonds is 8. The summed E-state index contributed by atoms with van der Waals surface area (Å²) >= 11 is 0. The number of fused-ring (bicyclic) bond motifs is 5. The van der Waals surface area contributed by atoms with Gasteiger partial charge in [-0.3, -0.25) is 0 Å². The van der Waals surface area contributed by atoms with Crippen molar-refractivity contribution in [2.24, 2.45) is 58.2 Å². The fraction of sp³-hybridized carbons (Fsp3) is 0.875. The lowest BCUT2D eigenvalue weighted by Gasteiger charge is -2.58. The van der Waals surface area contributed by atoms with Crippen molar-refractivity contribution < 1.29 is 2.85 Å². The minimum Gasteiger partial charge on any atom is -0.0845 e. The molecule has 0 aromatic rings. The van der Waals surface area contributed by atoms with Gasteiger partial charge in [-0.15, -0.1) is 0 Å². The summed E-state index contributed by atoms with van der Waals surface area (Å²) in [6.07, 6.45) is 26.3. The summed E-state index contributed by atoms with van der Waals surface area (Å²) in [6, 6.07) is 0. The van der Waals surface area contributed by atoms with E-state index in [1.54, 1.807) is 5.57 Å². The van der Waals surface area contributed by atoms with E-state index in [1.807, 2.05) is 33.3 Å². The van der Waals surface area contributed by atoms with Crippen LogP contribution in [-0.2, 0) is 0 Å². The normalized spacial score (nSPS) is 36.2. The van der Waals surface area contributed by atoms with Crippen molar-refractivity contribution in [1.29, 1.82) is 0 Å². The second-order valence-corrected chi connectivity index (χ2v) is 15.2. The number of hydrogen-bond donors (Lipinski definition) is 0. The topological polar surface area (TPSA) is 0 Å². The SMILES string of the molecule is CC.CC.CC(C)CCC[C@@H](C)[C@H]1CCC2[C@@H]3CC=C4C[C@@H](C5=C[CH]5)CC[C@]4(C)C3CC[C@@]21C.CCCC(C)C.[HH].[HH]. The molecule has 5 rings (SSSR count). The highest BCUT2D eigenvalue weighted by Crippen LogP contribution is 2.68. The molecule has 0 spiro atoms. The highest BCUT2D eigenvalue weighted by Gasteiger charge is 2.59. The summed E-state index contributed by atoms with van der Waals surface area (Å²) in [6.45, 7) is 27.5. The third kappa shape index (κ3) is 8.31. The molecule has 237 valence electrons. The Morgan fingerprint density at radius 1 is 0.825 bits per heavy atom. The van der Waals surface area contributed by atoms with Crippen LogP contribution in [0.1, 0.15) is 169 Å². The van der Waals surface area contributed by atoms with Gasteiger partial charge in [0.05, 0.1) is 0 Å². The molecule has 0 aromatic heterocycles. The zero-order valence-electron chi connectivity index (χ0n) is 29.5. The van der Waals surface area contributed by atoms with E-state index >= 15 is 0 Å². The van der Waals surface area contributed by atoms with Gasteiger partial charge in [-0.05, 0) is 110 Å². The van der Waals surface area contributed by atoms with Gasteiger partial charge in [-0.25, -0.2) is 0 Å². The van der Waals surface area contributed by atoms with E-state index in [1.165, 1.54) is 83.5 Å². The van der Waals surface area contributed by atoms with Crippen LogP contribution in [0.5, 0.6) is 0 Å². The molecule has 0 heteroatoms. The molecule has 2 unspecified atom stereocenters. The molecule has 0 amide bonds. The second kappa shape index (κ2) is 16.4. The molecule has 3 fully saturated rings. The van der Waals surface area contributed by atoms with Crippen molar-refractivity contribution in [2.45, 2.75) is 167 Å². The Morgan fingerprint density at radius 2 is 1.48 bits per heavy atom.